The maximum absolute atomic E-state index is 12.1. The van der Waals surface area contributed by atoms with Crippen LogP contribution in [0.15, 0.2) is 24.3 Å². The summed E-state index contributed by atoms with van der Waals surface area (Å²) in [4.78, 5) is 12.1. The molecular formula is C16H23NO3. The van der Waals surface area contributed by atoms with Crippen molar-refractivity contribution in [3.63, 3.8) is 0 Å². The highest BCUT2D eigenvalue weighted by Crippen LogP contribution is 2.35. The fourth-order valence-electron chi connectivity index (χ4n) is 2.68. The lowest BCUT2D eigenvalue weighted by Gasteiger charge is -2.36. The van der Waals surface area contributed by atoms with Gasteiger partial charge in [-0.2, -0.15) is 0 Å². The number of nitrogens with one attached hydrogen (secondary N) is 1. The van der Waals surface area contributed by atoms with Crippen LogP contribution in [0.3, 0.4) is 0 Å². The van der Waals surface area contributed by atoms with Gasteiger partial charge in [-0.25, -0.2) is 4.79 Å². The Hall–Kier alpha value is -1.71. The van der Waals surface area contributed by atoms with Crippen molar-refractivity contribution in [2.24, 2.45) is 5.92 Å². The van der Waals surface area contributed by atoms with Crippen molar-refractivity contribution in [1.29, 1.82) is 0 Å². The van der Waals surface area contributed by atoms with E-state index < -0.39 is 5.54 Å². The zero-order chi connectivity index (χ0) is 14.6. The van der Waals surface area contributed by atoms with Crippen molar-refractivity contribution in [3.8, 4) is 5.75 Å². The average molecular weight is 277 g/mol. The lowest BCUT2D eigenvalue weighted by atomic mass is 9.76. The predicted molar refractivity (Wildman–Crippen MR) is 79.0 cm³/mol. The van der Waals surface area contributed by atoms with Crippen LogP contribution in [0.1, 0.15) is 32.6 Å². The minimum absolute atomic E-state index is 0.208. The van der Waals surface area contributed by atoms with Crippen LogP contribution in [0, 0.1) is 5.92 Å². The van der Waals surface area contributed by atoms with Crippen LogP contribution in [0.25, 0.3) is 0 Å². The number of anilines is 1. The van der Waals surface area contributed by atoms with E-state index in [0.29, 0.717) is 5.92 Å². The predicted octanol–water partition coefficient (Wildman–Crippen LogP) is 3.23. The highest BCUT2D eigenvalue weighted by molar-refractivity contribution is 5.84. The summed E-state index contributed by atoms with van der Waals surface area (Å²) in [5.41, 5.74) is 0.229. The van der Waals surface area contributed by atoms with Gasteiger partial charge in [-0.05, 0) is 43.5 Å². The fraction of sp³-hybridized carbons (Fsp3) is 0.562. The van der Waals surface area contributed by atoms with Crippen LogP contribution < -0.4 is 10.1 Å². The highest BCUT2D eigenvalue weighted by atomic mass is 16.5. The van der Waals surface area contributed by atoms with Gasteiger partial charge in [0.25, 0.3) is 0 Å². The third-order valence-electron chi connectivity index (χ3n) is 4.07. The van der Waals surface area contributed by atoms with Crippen LogP contribution in [-0.2, 0) is 9.53 Å². The number of rotatable bonds is 6. The molecule has 0 heterocycles. The van der Waals surface area contributed by atoms with Crippen LogP contribution in [-0.4, -0.2) is 25.7 Å². The summed E-state index contributed by atoms with van der Waals surface area (Å²) >= 11 is 0. The number of carbonyl (C=O) groups is 1. The normalized spacial score (nSPS) is 17.8. The second kappa shape index (κ2) is 6.16. The molecule has 1 N–H and O–H groups in total. The molecule has 2 rings (SSSR count). The largest absolute Gasteiger partial charge is 0.497 e. The van der Waals surface area contributed by atoms with Crippen molar-refractivity contribution in [2.75, 3.05) is 19.5 Å². The summed E-state index contributed by atoms with van der Waals surface area (Å²) in [6.07, 6.45) is 4.49. The first kappa shape index (κ1) is 14.7. The molecule has 0 spiro atoms. The maximum atomic E-state index is 12.1. The van der Waals surface area contributed by atoms with Crippen molar-refractivity contribution >= 4 is 11.7 Å². The Labute approximate surface area is 120 Å². The Kier molecular flexibility index (Phi) is 4.53. The number of hydrogen-bond acceptors (Lipinski definition) is 4. The molecular weight excluding hydrogens is 254 g/mol. The molecule has 0 aromatic heterocycles. The topological polar surface area (TPSA) is 47.6 Å². The second-order valence-corrected chi connectivity index (χ2v) is 5.68. The van der Waals surface area contributed by atoms with E-state index in [-0.39, 0.29) is 5.97 Å². The zero-order valence-electron chi connectivity index (χ0n) is 12.4. The molecule has 1 fully saturated rings. The Balaban J connectivity index is 2.10. The van der Waals surface area contributed by atoms with Gasteiger partial charge in [0.15, 0.2) is 0 Å². The van der Waals surface area contributed by atoms with Gasteiger partial charge in [0, 0.05) is 5.69 Å². The number of hydrogen-bond donors (Lipinski definition) is 1. The molecule has 4 heteroatoms. The molecule has 1 aromatic rings. The Morgan fingerprint density at radius 2 is 1.95 bits per heavy atom. The molecule has 0 radical (unpaired) electrons. The molecule has 1 atom stereocenters. The summed E-state index contributed by atoms with van der Waals surface area (Å²) < 4.78 is 10.1. The first-order valence-corrected chi connectivity index (χ1v) is 7.08. The van der Waals surface area contributed by atoms with Gasteiger partial charge in [-0.3, -0.25) is 0 Å². The quantitative estimate of drug-likeness (QED) is 0.811. The third-order valence-corrected chi connectivity index (χ3v) is 4.07. The van der Waals surface area contributed by atoms with Gasteiger partial charge >= 0.3 is 5.97 Å². The summed E-state index contributed by atoms with van der Waals surface area (Å²) in [5, 5.41) is 3.33. The van der Waals surface area contributed by atoms with Crippen LogP contribution in [0.5, 0.6) is 5.75 Å². The van der Waals surface area contributed by atoms with Crippen LogP contribution >= 0.6 is 0 Å². The SMILES string of the molecule is COC(=O)C(C)(CC1CCC1)Nc1ccc(OC)cc1. The van der Waals surface area contributed by atoms with Gasteiger partial charge in [0.1, 0.15) is 11.3 Å². The average Bonchev–Trinajstić information content (AvgIpc) is 2.43. The molecule has 4 nitrogen and oxygen atoms in total. The van der Waals surface area contributed by atoms with E-state index in [9.17, 15) is 4.79 Å². The fourth-order valence-corrected chi connectivity index (χ4v) is 2.68. The number of benzene rings is 1. The minimum Gasteiger partial charge on any atom is -0.497 e. The Morgan fingerprint density at radius 3 is 2.40 bits per heavy atom. The monoisotopic (exact) mass is 277 g/mol. The molecule has 1 saturated carbocycles. The molecule has 1 unspecified atom stereocenters. The summed E-state index contributed by atoms with van der Waals surface area (Å²) in [6.45, 7) is 1.92. The number of carbonyl (C=O) groups excluding carboxylic acids is 1. The number of methoxy groups -OCH3 is 2. The van der Waals surface area contributed by atoms with Crippen LogP contribution in [0.4, 0.5) is 5.69 Å². The van der Waals surface area contributed by atoms with Gasteiger partial charge in [-0.1, -0.05) is 19.3 Å². The molecule has 0 bridgehead atoms. The van der Waals surface area contributed by atoms with Gasteiger partial charge < -0.3 is 14.8 Å². The van der Waals surface area contributed by atoms with Gasteiger partial charge in [0.2, 0.25) is 0 Å². The lowest BCUT2D eigenvalue weighted by Crippen LogP contribution is -2.46. The molecule has 1 aliphatic carbocycles. The first-order chi connectivity index (χ1) is 9.57. The number of esters is 1. The second-order valence-electron chi connectivity index (χ2n) is 5.68. The van der Waals surface area contributed by atoms with Crippen molar-refractivity contribution in [2.45, 2.75) is 38.1 Å². The lowest BCUT2D eigenvalue weighted by molar-refractivity contribution is -0.146. The van der Waals surface area contributed by atoms with E-state index in [1.54, 1.807) is 7.11 Å². The summed E-state index contributed by atoms with van der Waals surface area (Å²) in [7, 11) is 3.08. The van der Waals surface area contributed by atoms with Crippen molar-refractivity contribution in [1.82, 2.24) is 0 Å². The van der Waals surface area contributed by atoms with Crippen LogP contribution in [0.2, 0.25) is 0 Å². The molecule has 0 saturated heterocycles. The van der Waals surface area contributed by atoms with E-state index in [2.05, 4.69) is 5.32 Å². The molecule has 0 amide bonds. The number of ether oxygens (including phenoxy) is 2. The maximum Gasteiger partial charge on any atom is 0.331 e. The molecule has 20 heavy (non-hydrogen) atoms. The van der Waals surface area contributed by atoms with Crippen molar-refractivity contribution < 1.29 is 14.3 Å². The zero-order valence-corrected chi connectivity index (χ0v) is 12.4. The summed E-state index contributed by atoms with van der Waals surface area (Å²) in [5.74, 6) is 1.21. The highest BCUT2D eigenvalue weighted by Gasteiger charge is 2.38. The Bertz CT molecular complexity index is 453. The summed E-state index contributed by atoms with van der Waals surface area (Å²) in [6, 6.07) is 7.59. The van der Waals surface area contributed by atoms with E-state index >= 15 is 0 Å². The third kappa shape index (κ3) is 3.24. The van der Waals surface area contributed by atoms with E-state index in [0.717, 1.165) is 17.9 Å². The molecule has 1 aliphatic rings. The molecule has 0 aliphatic heterocycles. The molecule has 110 valence electrons. The van der Waals surface area contributed by atoms with Gasteiger partial charge in [-0.15, -0.1) is 0 Å². The minimum atomic E-state index is -0.672. The standard InChI is InChI=1S/C16H23NO3/c1-16(15(18)20-3,11-12-5-4-6-12)17-13-7-9-14(19-2)10-8-13/h7-10,12,17H,4-6,11H2,1-3H3. The van der Waals surface area contributed by atoms with Gasteiger partial charge in [0.05, 0.1) is 14.2 Å². The van der Waals surface area contributed by atoms with Crippen molar-refractivity contribution in [3.05, 3.63) is 24.3 Å². The van der Waals surface area contributed by atoms with E-state index in [1.165, 1.54) is 26.4 Å². The van der Waals surface area contributed by atoms with E-state index in [1.807, 2.05) is 31.2 Å². The Morgan fingerprint density at radius 1 is 1.30 bits per heavy atom. The first-order valence-electron chi connectivity index (χ1n) is 7.08. The smallest absolute Gasteiger partial charge is 0.331 e. The molecule has 1 aromatic carbocycles. The van der Waals surface area contributed by atoms with E-state index in [4.69, 9.17) is 9.47 Å².